The Morgan fingerprint density at radius 2 is 2.10 bits per heavy atom. The number of hydrogen-bond acceptors (Lipinski definition) is 4. The lowest BCUT2D eigenvalue weighted by Gasteiger charge is -2.21. The second-order valence-corrected chi connectivity index (χ2v) is 7.93. The molecule has 0 saturated carbocycles. The zero-order chi connectivity index (χ0) is 20.6. The van der Waals surface area contributed by atoms with E-state index >= 15 is 0 Å². The molecule has 0 bridgehead atoms. The van der Waals surface area contributed by atoms with E-state index in [1.165, 1.54) is 11.1 Å². The van der Waals surface area contributed by atoms with E-state index in [9.17, 15) is 0 Å². The van der Waals surface area contributed by atoms with E-state index in [2.05, 4.69) is 57.6 Å². The molecule has 0 spiro atoms. The third-order valence-corrected chi connectivity index (χ3v) is 5.29. The zero-order valence-corrected chi connectivity index (χ0v) is 18.1. The van der Waals surface area contributed by atoms with Crippen LogP contribution in [-0.4, -0.2) is 72.9 Å². The van der Waals surface area contributed by atoms with Crippen LogP contribution in [0.5, 0.6) is 5.75 Å². The fourth-order valence-electron chi connectivity index (χ4n) is 3.66. The van der Waals surface area contributed by atoms with Crippen molar-refractivity contribution in [1.29, 1.82) is 0 Å². The van der Waals surface area contributed by atoms with E-state index in [0.717, 1.165) is 57.3 Å². The number of benzene rings is 1. The van der Waals surface area contributed by atoms with Crippen LogP contribution in [0.1, 0.15) is 29.9 Å². The van der Waals surface area contributed by atoms with Crippen molar-refractivity contribution in [2.24, 2.45) is 12.0 Å². The highest BCUT2D eigenvalue weighted by Gasteiger charge is 2.26. The molecule has 7 nitrogen and oxygen atoms in total. The average molecular weight is 399 g/mol. The van der Waals surface area contributed by atoms with Crippen molar-refractivity contribution in [2.75, 3.05) is 47.4 Å². The van der Waals surface area contributed by atoms with Gasteiger partial charge in [-0.05, 0) is 50.2 Å². The van der Waals surface area contributed by atoms with Crippen LogP contribution >= 0.6 is 0 Å². The molecule has 29 heavy (non-hydrogen) atoms. The maximum Gasteiger partial charge on any atom is 0.193 e. The third-order valence-electron chi connectivity index (χ3n) is 5.29. The van der Waals surface area contributed by atoms with Gasteiger partial charge < -0.3 is 19.9 Å². The molecule has 158 valence electrons. The summed E-state index contributed by atoms with van der Waals surface area (Å²) >= 11 is 0. The number of ether oxygens (including phenoxy) is 1. The first-order valence-corrected chi connectivity index (χ1v) is 10.4. The van der Waals surface area contributed by atoms with E-state index in [-0.39, 0.29) is 0 Å². The fraction of sp³-hybridized carbons (Fsp3) is 0.545. The Bertz CT molecular complexity index is 783. The molecule has 1 aliphatic rings. The topological polar surface area (TPSA) is 57.9 Å². The predicted octanol–water partition coefficient (Wildman–Crippen LogP) is 2.32. The van der Waals surface area contributed by atoms with Gasteiger partial charge in [0.25, 0.3) is 0 Å². The molecule has 0 amide bonds. The maximum atomic E-state index is 5.81. The summed E-state index contributed by atoms with van der Waals surface area (Å²) < 4.78 is 7.68. The highest BCUT2D eigenvalue weighted by molar-refractivity contribution is 5.80. The van der Waals surface area contributed by atoms with Crippen molar-refractivity contribution in [2.45, 2.75) is 25.3 Å². The SMILES string of the molecule is CN=C(NCc1ccc(OCCCN(C)C)cc1)N1CCC(c2cnn(C)c2)C1. The van der Waals surface area contributed by atoms with Gasteiger partial charge in [-0.1, -0.05) is 12.1 Å². The smallest absolute Gasteiger partial charge is 0.193 e. The molecule has 3 rings (SSSR count). The molecule has 2 heterocycles. The van der Waals surface area contributed by atoms with Crippen LogP contribution in [0.4, 0.5) is 0 Å². The molecule has 1 saturated heterocycles. The number of nitrogens with one attached hydrogen (secondary N) is 1. The fourth-order valence-corrected chi connectivity index (χ4v) is 3.66. The summed E-state index contributed by atoms with van der Waals surface area (Å²) in [5.74, 6) is 2.40. The summed E-state index contributed by atoms with van der Waals surface area (Å²) in [7, 11) is 7.98. The Morgan fingerprint density at radius 3 is 2.76 bits per heavy atom. The van der Waals surface area contributed by atoms with Gasteiger partial charge >= 0.3 is 0 Å². The van der Waals surface area contributed by atoms with Gasteiger partial charge in [-0.2, -0.15) is 5.10 Å². The van der Waals surface area contributed by atoms with Crippen molar-refractivity contribution in [3.8, 4) is 5.75 Å². The number of rotatable bonds is 8. The first kappa shape index (κ1) is 21.2. The van der Waals surface area contributed by atoms with Crippen LogP contribution in [0.3, 0.4) is 0 Å². The molecular formula is C22H34N6O. The molecule has 0 aliphatic carbocycles. The number of likely N-dealkylation sites (tertiary alicyclic amines) is 1. The van der Waals surface area contributed by atoms with E-state index < -0.39 is 0 Å². The van der Waals surface area contributed by atoms with Crippen LogP contribution in [0.15, 0.2) is 41.7 Å². The average Bonchev–Trinajstić information content (AvgIpc) is 3.36. The molecule has 1 atom stereocenters. The normalized spacial score (nSPS) is 17.2. The van der Waals surface area contributed by atoms with Crippen LogP contribution in [-0.2, 0) is 13.6 Å². The molecule has 1 aromatic heterocycles. The molecule has 0 radical (unpaired) electrons. The minimum Gasteiger partial charge on any atom is -0.494 e. The first-order valence-electron chi connectivity index (χ1n) is 10.4. The van der Waals surface area contributed by atoms with Crippen molar-refractivity contribution in [3.05, 3.63) is 47.8 Å². The van der Waals surface area contributed by atoms with Crippen molar-refractivity contribution in [3.63, 3.8) is 0 Å². The highest BCUT2D eigenvalue weighted by atomic mass is 16.5. The Balaban J connectivity index is 1.45. The number of nitrogens with zero attached hydrogens (tertiary/aromatic N) is 5. The molecule has 1 aliphatic heterocycles. The van der Waals surface area contributed by atoms with Gasteiger partial charge in [-0.15, -0.1) is 0 Å². The van der Waals surface area contributed by atoms with Crippen molar-refractivity contribution in [1.82, 2.24) is 24.9 Å². The van der Waals surface area contributed by atoms with Gasteiger partial charge in [-0.3, -0.25) is 9.67 Å². The van der Waals surface area contributed by atoms with Crippen LogP contribution in [0, 0.1) is 0 Å². The standard InChI is InChI=1S/C22H34N6O/c1-23-22(28-12-10-19(17-28)20-15-25-27(4)16-20)24-14-18-6-8-21(9-7-18)29-13-5-11-26(2)3/h6-9,15-16,19H,5,10-14,17H2,1-4H3,(H,23,24). The summed E-state index contributed by atoms with van der Waals surface area (Å²) in [5, 5.41) is 7.80. The summed E-state index contributed by atoms with van der Waals surface area (Å²) in [5.41, 5.74) is 2.53. The summed E-state index contributed by atoms with van der Waals surface area (Å²) in [6.45, 7) is 4.53. The second-order valence-electron chi connectivity index (χ2n) is 7.93. The quantitative estimate of drug-likeness (QED) is 0.420. The van der Waals surface area contributed by atoms with Gasteiger partial charge in [0.1, 0.15) is 5.75 Å². The number of aryl methyl sites for hydroxylation is 1. The minimum atomic E-state index is 0.520. The zero-order valence-electron chi connectivity index (χ0n) is 18.1. The van der Waals surface area contributed by atoms with Crippen molar-refractivity contribution >= 4 is 5.96 Å². The van der Waals surface area contributed by atoms with Crippen molar-refractivity contribution < 1.29 is 4.74 Å². The van der Waals surface area contributed by atoms with Gasteiger partial charge in [0.2, 0.25) is 0 Å². The van der Waals surface area contributed by atoms with Gasteiger partial charge in [-0.25, -0.2) is 0 Å². The number of aliphatic imine (C=N–C) groups is 1. The monoisotopic (exact) mass is 398 g/mol. The predicted molar refractivity (Wildman–Crippen MR) is 117 cm³/mol. The summed E-state index contributed by atoms with van der Waals surface area (Å²) in [4.78, 5) is 8.99. The summed E-state index contributed by atoms with van der Waals surface area (Å²) in [6, 6.07) is 8.32. The Kier molecular flexibility index (Phi) is 7.52. The summed E-state index contributed by atoms with van der Waals surface area (Å²) in [6.07, 6.45) is 6.26. The lowest BCUT2D eigenvalue weighted by Crippen LogP contribution is -2.39. The Morgan fingerprint density at radius 1 is 1.31 bits per heavy atom. The van der Waals surface area contributed by atoms with Crippen LogP contribution in [0.2, 0.25) is 0 Å². The van der Waals surface area contributed by atoms with E-state index in [1.807, 2.05) is 37.1 Å². The van der Waals surface area contributed by atoms with E-state index in [1.54, 1.807) is 0 Å². The molecule has 7 heteroatoms. The number of hydrogen-bond donors (Lipinski definition) is 1. The van der Waals surface area contributed by atoms with Gasteiger partial charge in [0, 0.05) is 52.4 Å². The minimum absolute atomic E-state index is 0.520. The van der Waals surface area contributed by atoms with Crippen LogP contribution < -0.4 is 10.1 Å². The molecule has 1 N–H and O–H groups in total. The van der Waals surface area contributed by atoms with Gasteiger partial charge in [0.05, 0.1) is 12.8 Å². The first-order chi connectivity index (χ1) is 14.0. The highest BCUT2D eigenvalue weighted by Crippen LogP contribution is 2.26. The Labute approximate surface area is 174 Å². The molecule has 1 aromatic carbocycles. The number of aromatic nitrogens is 2. The largest absolute Gasteiger partial charge is 0.494 e. The molecular weight excluding hydrogens is 364 g/mol. The second kappa shape index (κ2) is 10.3. The van der Waals surface area contributed by atoms with Gasteiger partial charge in [0.15, 0.2) is 5.96 Å². The molecule has 1 unspecified atom stereocenters. The lowest BCUT2D eigenvalue weighted by atomic mass is 10.0. The Hall–Kier alpha value is -2.54. The molecule has 1 fully saturated rings. The van der Waals surface area contributed by atoms with E-state index in [4.69, 9.17) is 4.74 Å². The number of guanidine groups is 1. The van der Waals surface area contributed by atoms with E-state index in [0.29, 0.717) is 5.92 Å². The lowest BCUT2D eigenvalue weighted by molar-refractivity contribution is 0.281. The maximum absolute atomic E-state index is 5.81. The van der Waals surface area contributed by atoms with Crippen LogP contribution in [0.25, 0.3) is 0 Å². The third kappa shape index (κ3) is 6.22. The molecule has 2 aromatic rings.